The number of aliphatic carboxylic acids is 1. The van der Waals surface area contributed by atoms with Gasteiger partial charge in [0.25, 0.3) is 0 Å². The lowest BCUT2D eigenvalue weighted by Crippen LogP contribution is -2.44. The summed E-state index contributed by atoms with van der Waals surface area (Å²) in [4.78, 5) is 21.6. The molecule has 5 nitrogen and oxygen atoms in total. The molecule has 3 aromatic rings. The molecule has 3 aliphatic rings. The van der Waals surface area contributed by atoms with Gasteiger partial charge in [0.05, 0.1) is 12.1 Å². The lowest BCUT2D eigenvalue weighted by atomic mass is 9.63. The molecule has 3 heterocycles. The van der Waals surface area contributed by atoms with Crippen LogP contribution in [0.4, 0.5) is 10.1 Å². The second-order valence-electron chi connectivity index (χ2n) is 11.9. The van der Waals surface area contributed by atoms with Gasteiger partial charge in [0.15, 0.2) is 0 Å². The smallest absolute Gasteiger partial charge is 0.307 e. The zero-order chi connectivity index (χ0) is 27.1. The van der Waals surface area contributed by atoms with Crippen LogP contribution in [-0.2, 0) is 30.7 Å². The molecule has 1 saturated heterocycles. The highest BCUT2D eigenvalue weighted by Gasteiger charge is 2.40. The summed E-state index contributed by atoms with van der Waals surface area (Å²) in [7, 11) is 0. The van der Waals surface area contributed by atoms with E-state index >= 15 is 0 Å². The molecule has 6 rings (SSSR count). The predicted octanol–water partition coefficient (Wildman–Crippen LogP) is 6.46. The highest BCUT2D eigenvalue weighted by Crippen LogP contribution is 2.50. The molecule has 2 aliphatic heterocycles. The molecule has 1 aliphatic carbocycles. The van der Waals surface area contributed by atoms with Gasteiger partial charge in [-0.2, -0.15) is 0 Å². The number of pyridine rings is 1. The lowest BCUT2D eigenvalue weighted by Gasteiger charge is -2.49. The first-order valence-corrected chi connectivity index (χ1v) is 14.4. The summed E-state index contributed by atoms with van der Waals surface area (Å²) in [6.07, 6.45) is 7.27. The van der Waals surface area contributed by atoms with Crippen molar-refractivity contribution in [2.75, 3.05) is 24.5 Å². The number of carbonyl (C=O) groups is 1. The summed E-state index contributed by atoms with van der Waals surface area (Å²) >= 11 is 0. The number of hydrogen-bond acceptors (Lipinski definition) is 4. The topological polar surface area (TPSA) is 56.7 Å². The zero-order valence-electron chi connectivity index (χ0n) is 23.1. The van der Waals surface area contributed by atoms with Gasteiger partial charge in [-0.25, -0.2) is 4.39 Å². The first-order chi connectivity index (χ1) is 18.8. The minimum Gasteiger partial charge on any atom is -0.481 e. The van der Waals surface area contributed by atoms with E-state index < -0.39 is 5.97 Å². The van der Waals surface area contributed by atoms with Crippen LogP contribution in [0.5, 0.6) is 0 Å². The molecule has 2 fully saturated rings. The molecular weight excluding hydrogens is 489 g/mol. The standard InChI is InChI=1S/C33H38FN3O2/c1-22-28(19-30(38)39)32(37-16-13-33(14-17-37)11-5-12-33)31(23(2)35-22)25-8-9-26-20-36(15-10-24(26)18-25)21-27-6-3-4-7-29(27)34/h3-4,6-9,18H,5,10-17,19-21H2,1-2H3,(H,38,39). The summed E-state index contributed by atoms with van der Waals surface area (Å²) < 4.78 is 14.2. The number of aryl methyl sites for hydroxylation is 2. The Bertz CT molecular complexity index is 1400. The Hall–Kier alpha value is -3.25. The molecule has 1 saturated carbocycles. The summed E-state index contributed by atoms with van der Waals surface area (Å²) in [6.45, 7) is 8.23. The lowest BCUT2D eigenvalue weighted by molar-refractivity contribution is -0.136. The van der Waals surface area contributed by atoms with Crippen LogP contribution in [0.1, 0.15) is 65.7 Å². The maximum Gasteiger partial charge on any atom is 0.307 e. The van der Waals surface area contributed by atoms with E-state index in [2.05, 4.69) is 34.9 Å². The van der Waals surface area contributed by atoms with Gasteiger partial charge in [0.2, 0.25) is 0 Å². The molecule has 0 amide bonds. The fraction of sp³-hybridized carbons (Fsp3) is 0.455. The molecule has 0 radical (unpaired) electrons. The summed E-state index contributed by atoms with van der Waals surface area (Å²) in [6, 6.07) is 13.7. The van der Waals surface area contributed by atoms with Crippen molar-refractivity contribution in [1.29, 1.82) is 0 Å². The molecule has 204 valence electrons. The quantitative estimate of drug-likeness (QED) is 0.399. The molecule has 0 unspecified atom stereocenters. The minimum atomic E-state index is -0.816. The molecule has 6 heteroatoms. The summed E-state index contributed by atoms with van der Waals surface area (Å²) in [5.74, 6) is -0.963. The number of rotatable bonds is 6. The second kappa shape index (κ2) is 10.4. The van der Waals surface area contributed by atoms with Crippen LogP contribution >= 0.6 is 0 Å². The van der Waals surface area contributed by atoms with Gasteiger partial charge in [-0.15, -0.1) is 0 Å². The van der Waals surface area contributed by atoms with Crippen molar-refractivity contribution in [3.8, 4) is 11.1 Å². The highest BCUT2D eigenvalue weighted by molar-refractivity contribution is 5.86. The van der Waals surface area contributed by atoms with Gasteiger partial charge >= 0.3 is 5.97 Å². The molecule has 39 heavy (non-hydrogen) atoms. The fourth-order valence-corrected chi connectivity index (χ4v) is 7.08. The van der Waals surface area contributed by atoms with Crippen molar-refractivity contribution >= 4 is 11.7 Å². The van der Waals surface area contributed by atoms with Gasteiger partial charge < -0.3 is 10.0 Å². The van der Waals surface area contributed by atoms with Gasteiger partial charge in [0.1, 0.15) is 5.82 Å². The third kappa shape index (κ3) is 5.07. The fourth-order valence-electron chi connectivity index (χ4n) is 7.08. The SMILES string of the molecule is Cc1nc(C)c(-c2ccc3c(c2)CCN(Cc2ccccc2F)C3)c(N2CCC3(CCC3)CC2)c1CC(=O)O. The Balaban J connectivity index is 1.33. The molecule has 1 spiro atoms. The number of carboxylic acid groups (broad SMARTS) is 1. The summed E-state index contributed by atoms with van der Waals surface area (Å²) in [5.41, 5.74) is 9.74. The highest BCUT2D eigenvalue weighted by atomic mass is 19.1. The number of piperidine rings is 1. The predicted molar refractivity (Wildman–Crippen MR) is 152 cm³/mol. The van der Waals surface area contributed by atoms with Gasteiger partial charge in [-0.1, -0.05) is 42.8 Å². The Morgan fingerprint density at radius 2 is 1.77 bits per heavy atom. The molecular formula is C33H38FN3O2. The van der Waals surface area contributed by atoms with E-state index in [9.17, 15) is 14.3 Å². The Labute approximate surface area is 230 Å². The summed E-state index contributed by atoms with van der Waals surface area (Å²) in [5, 5.41) is 9.81. The number of fused-ring (bicyclic) bond motifs is 1. The van der Waals surface area contributed by atoms with Crippen molar-refractivity contribution in [3.05, 3.63) is 81.9 Å². The van der Waals surface area contributed by atoms with E-state index in [4.69, 9.17) is 4.98 Å². The monoisotopic (exact) mass is 527 g/mol. The van der Waals surface area contributed by atoms with Crippen molar-refractivity contribution in [2.45, 2.75) is 71.9 Å². The normalized spacial score (nSPS) is 18.6. The Morgan fingerprint density at radius 3 is 2.46 bits per heavy atom. The first-order valence-electron chi connectivity index (χ1n) is 14.4. The number of nitrogens with zero attached hydrogens (tertiary/aromatic N) is 3. The minimum absolute atomic E-state index is 0.0148. The second-order valence-corrected chi connectivity index (χ2v) is 11.9. The van der Waals surface area contributed by atoms with Crippen LogP contribution in [0.2, 0.25) is 0 Å². The van der Waals surface area contributed by atoms with Crippen molar-refractivity contribution < 1.29 is 14.3 Å². The van der Waals surface area contributed by atoms with Crippen LogP contribution < -0.4 is 4.90 Å². The Kier molecular flexibility index (Phi) is 6.92. The van der Waals surface area contributed by atoms with Crippen molar-refractivity contribution in [1.82, 2.24) is 9.88 Å². The molecule has 2 aromatic carbocycles. The zero-order valence-corrected chi connectivity index (χ0v) is 23.1. The van der Waals surface area contributed by atoms with E-state index in [1.807, 2.05) is 19.1 Å². The van der Waals surface area contributed by atoms with Gasteiger partial charge in [-0.05, 0) is 74.1 Å². The van der Waals surface area contributed by atoms with Crippen LogP contribution in [0.3, 0.4) is 0 Å². The first kappa shape index (κ1) is 26.0. The number of aromatic nitrogens is 1. The van der Waals surface area contributed by atoms with Crippen LogP contribution in [0, 0.1) is 25.1 Å². The Morgan fingerprint density at radius 1 is 1.00 bits per heavy atom. The average Bonchev–Trinajstić information content (AvgIpc) is 2.90. The largest absolute Gasteiger partial charge is 0.481 e. The number of anilines is 1. The van der Waals surface area contributed by atoms with E-state index in [-0.39, 0.29) is 12.2 Å². The molecule has 0 bridgehead atoms. The van der Waals surface area contributed by atoms with Crippen LogP contribution in [0.15, 0.2) is 42.5 Å². The van der Waals surface area contributed by atoms with Crippen LogP contribution in [0.25, 0.3) is 11.1 Å². The maximum atomic E-state index is 14.2. The molecule has 0 atom stereocenters. The molecule has 1 aromatic heterocycles. The number of halogens is 1. The molecule has 1 N–H and O–H groups in total. The number of benzene rings is 2. The number of hydrogen-bond donors (Lipinski definition) is 1. The van der Waals surface area contributed by atoms with Crippen molar-refractivity contribution in [2.24, 2.45) is 5.41 Å². The van der Waals surface area contributed by atoms with Gasteiger partial charge in [-0.3, -0.25) is 14.7 Å². The van der Waals surface area contributed by atoms with E-state index in [1.165, 1.54) is 49.3 Å². The maximum absolute atomic E-state index is 14.2. The third-order valence-electron chi connectivity index (χ3n) is 9.48. The average molecular weight is 528 g/mol. The van der Waals surface area contributed by atoms with E-state index in [0.717, 1.165) is 71.9 Å². The van der Waals surface area contributed by atoms with E-state index in [1.54, 1.807) is 6.07 Å². The number of carboxylic acids is 1. The van der Waals surface area contributed by atoms with Crippen molar-refractivity contribution in [3.63, 3.8) is 0 Å². The van der Waals surface area contributed by atoms with E-state index in [0.29, 0.717) is 12.0 Å². The van der Waals surface area contributed by atoms with Crippen LogP contribution in [-0.4, -0.2) is 40.6 Å². The van der Waals surface area contributed by atoms with Gasteiger partial charge in [0, 0.05) is 60.8 Å². The third-order valence-corrected chi connectivity index (χ3v) is 9.48.